The third kappa shape index (κ3) is 4.47. The van der Waals surface area contributed by atoms with Crippen molar-refractivity contribution in [1.82, 2.24) is 0 Å². The zero-order chi connectivity index (χ0) is 27.9. The standard InChI is InChI=1S/C30H24N2O7S/c1-37-23-18-14-21(15-19-23)31-29(33)26-27(32(38-28(26)30(31)34)22-8-4-2-5-9-22)20-12-16-24(17-13-20)39-40(35,36)25-10-6-3-7-11-25/h2-19,26-28H,1H3/t26-,27-,28-/m0/s1. The summed E-state index contributed by atoms with van der Waals surface area (Å²) in [5.74, 6) is -0.977. The number of methoxy groups -OCH3 is 1. The van der Waals surface area contributed by atoms with Crippen molar-refractivity contribution >= 4 is 33.3 Å². The SMILES string of the molecule is COc1ccc(N2C(=O)[C@@H]3[C@H](ON(c4ccccc4)[C@H]3c3ccc(OS(=O)(=O)c4ccccc4)cc3)C2=O)cc1. The van der Waals surface area contributed by atoms with Crippen LogP contribution in [0.1, 0.15) is 11.6 Å². The van der Waals surface area contributed by atoms with E-state index in [9.17, 15) is 18.0 Å². The van der Waals surface area contributed by atoms with Crippen molar-refractivity contribution in [3.63, 3.8) is 0 Å². The number of hydrogen-bond acceptors (Lipinski definition) is 8. The monoisotopic (exact) mass is 556 g/mol. The van der Waals surface area contributed by atoms with E-state index in [1.807, 2.05) is 30.3 Å². The molecule has 40 heavy (non-hydrogen) atoms. The minimum atomic E-state index is -4.02. The van der Waals surface area contributed by atoms with Gasteiger partial charge < -0.3 is 8.92 Å². The molecule has 9 nitrogen and oxygen atoms in total. The number of imide groups is 1. The Hall–Kier alpha value is -4.67. The van der Waals surface area contributed by atoms with Crippen molar-refractivity contribution in [2.75, 3.05) is 17.1 Å². The number of benzene rings is 4. The lowest BCUT2D eigenvalue weighted by atomic mass is 9.90. The molecule has 0 radical (unpaired) electrons. The molecule has 4 aromatic rings. The number of hydrogen-bond donors (Lipinski definition) is 0. The molecule has 2 fully saturated rings. The molecule has 10 heteroatoms. The van der Waals surface area contributed by atoms with Gasteiger partial charge in [-0.2, -0.15) is 8.42 Å². The number of anilines is 2. The van der Waals surface area contributed by atoms with Crippen molar-refractivity contribution in [3.8, 4) is 11.5 Å². The summed E-state index contributed by atoms with van der Waals surface area (Å²) in [6, 6.07) is 29.4. The number of hydroxylamine groups is 1. The quantitative estimate of drug-likeness (QED) is 0.242. The lowest BCUT2D eigenvalue weighted by Crippen LogP contribution is -2.37. The summed E-state index contributed by atoms with van der Waals surface area (Å²) in [6.45, 7) is 0. The molecule has 0 bridgehead atoms. The molecule has 2 amide bonds. The molecule has 202 valence electrons. The van der Waals surface area contributed by atoms with Crippen molar-refractivity contribution in [2.24, 2.45) is 5.92 Å². The van der Waals surface area contributed by atoms with Gasteiger partial charge in [-0.05, 0) is 66.2 Å². The summed E-state index contributed by atoms with van der Waals surface area (Å²) >= 11 is 0. The van der Waals surface area contributed by atoms with Gasteiger partial charge in [0.05, 0.1) is 24.5 Å². The Kier molecular flexibility index (Phi) is 6.49. The second kappa shape index (κ2) is 10.1. The maximum absolute atomic E-state index is 13.8. The number of para-hydroxylation sites is 1. The molecule has 3 atom stereocenters. The van der Waals surface area contributed by atoms with Crippen molar-refractivity contribution < 1.29 is 31.8 Å². The third-order valence-corrected chi connectivity index (χ3v) is 8.18. The number of ether oxygens (including phenoxy) is 1. The highest BCUT2D eigenvalue weighted by molar-refractivity contribution is 7.87. The first-order valence-corrected chi connectivity index (χ1v) is 13.9. The Balaban J connectivity index is 1.33. The summed E-state index contributed by atoms with van der Waals surface area (Å²) in [6.07, 6.45) is -1.03. The molecular weight excluding hydrogens is 532 g/mol. The number of rotatable bonds is 7. The molecule has 4 aromatic carbocycles. The number of fused-ring (bicyclic) bond motifs is 1. The molecule has 6 rings (SSSR count). The zero-order valence-electron chi connectivity index (χ0n) is 21.3. The van der Waals surface area contributed by atoms with Crippen LogP contribution in [0.3, 0.4) is 0 Å². The van der Waals surface area contributed by atoms with Crippen molar-refractivity contribution in [3.05, 3.63) is 115 Å². The highest BCUT2D eigenvalue weighted by Gasteiger charge is 2.60. The van der Waals surface area contributed by atoms with Crippen LogP contribution in [-0.2, 0) is 24.5 Å². The summed E-state index contributed by atoms with van der Waals surface area (Å²) < 4.78 is 35.9. The topological polar surface area (TPSA) is 102 Å². The Morgan fingerprint density at radius 1 is 0.700 bits per heavy atom. The summed E-state index contributed by atoms with van der Waals surface area (Å²) in [7, 11) is -2.48. The average Bonchev–Trinajstić information content (AvgIpc) is 3.50. The largest absolute Gasteiger partial charge is 0.497 e. The minimum Gasteiger partial charge on any atom is -0.497 e. The Morgan fingerprint density at radius 2 is 1.30 bits per heavy atom. The lowest BCUT2D eigenvalue weighted by molar-refractivity contribution is -0.126. The summed E-state index contributed by atoms with van der Waals surface area (Å²) in [5.41, 5.74) is 1.75. The first-order valence-electron chi connectivity index (χ1n) is 12.5. The first kappa shape index (κ1) is 25.6. The van der Waals surface area contributed by atoms with Crippen LogP contribution < -0.4 is 18.9 Å². The van der Waals surface area contributed by atoms with Gasteiger partial charge in [-0.15, -0.1) is 0 Å². The molecule has 0 aliphatic carbocycles. The molecule has 0 N–H and O–H groups in total. The van der Waals surface area contributed by atoms with Crippen LogP contribution in [-0.4, -0.2) is 33.4 Å². The van der Waals surface area contributed by atoms with Gasteiger partial charge in [-0.25, -0.2) is 9.96 Å². The van der Waals surface area contributed by atoms with Gasteiger partial charge >= 0.3 is 10.1 Å². The predicted molar refractivity (Wildman–Crippen MR) is 146 cm³/mol. The number of amides is 2. The Morgan fingerprint density at radius 3 is 1.93 bits per heavy atom. The van der Waals surface area contributed by atoms with E-state index in [1.54, 1.807) is 59.7 Å². The molecule has 2 aliphatic heterocycles. The molecule has 0 aromatic heterocycles. The smallest absolute Gasteiger partial charge is 0.339 e. The number of carbonyl (C=O) groups is 2. The van der Waals surface area contributed by atoms with Crippen molar-refractivity contribution in [1.29, 1.82) is 0 Å². The molecule has 2 saturated heterocycles. The van der Waals surface area contributed by atoms with E-state index in [4.69, 9.17) is 13.8 Å². The van der Waals surface area contributed by atoms with E-state index < -0.39 is 40.0 Å². The van der Waals surface area contributed by atoms with Crippen LogP contribution in [0.2, 0.25) is 0 Å². The van der Waals surface area contributed by atoms with Gasteiger partial charge in [-0.3, -0.25) is 14.4 Å². The molecule has 0 spiro atoms. The fourth-order valence-electron chi connectivity index (χ4n) is 5.02. The van der Waals surface area contributed by atoms with Crippen molar-refractivity contribution in [2.45, 2.75) is 17.0 Å². The zero-order valence-corrected chi connectivity index (χ0v) is 22.1. The third-order valence-electron chi connectivity index (χ3n) is 6.92. The molecule has 0 saturated carbocycles. The van der Waals surface area contributed by atoms with Gasteiger partial charge in [-0.1, -0.05) is 48.5 Å². The highest BCUT2D eigenvalue weighted by atomic mass is 32.2. The van der Waals surface area contributed by atoms with Gasteiger partial charge in [0.2, 0.25) is 5.91 Å². The molecule has 0 unspecified atom stereocenters. The predicted octanol–water partition coefficient (Wildman–Crippen LogP) is 4.51. The molecular formula is C30H24N2O7S. The van der Waals surface area contributed by atoms with Crippen LogP contribution >= 0.6 is 0 Å². The maximum Gasteiger partial charge on any atom is 0.339 e. The number of carbonyl (C=O) groups excluding carboxylic acids is 2. The van der Waals surface area contributed by atoms with E-state index in [2.05, 4.69) is 0 Å². The highest BCUT2D eigenvalue weighted by Crippen LogP contribution is 2.47. The van der Waals surface area contributed by atoms with Gasteiger partial charge in [0.1, 0.15) is 22.3 Å². The van der Waals surface area contributed by atoms with Gasteiger partial charge in [0, 0.05) is 0 Å². The van der Waals surface area contributed by atoms with E-state index in [0.717, 1.165) is 4.90 Å². The van der Waals surface area contributed by atoms with E-state index in [1.165, 1.54) is 31.4 Å². The normalized spacial score (nSPS) is 20.5. The van der Waals surface area contributed by atoms with Crippen LogP contribution in [0.15, 0.2) is 114 Å². The van der Waals surface area contributed by atoms with Crippen LogP contribution in [0.4, 0.5) is 11.4 Å². The second-order valence-electron chi connectivity index (χ2n) is 9.29. The molecule has 2 heterocycles. The van der Waals surface area contributed by atoms with E-state index in [0.29, 0.717) is 22.7 Å². The second-order valence-corrected chi connectivity index (χ2v) is 10.8. The van der Waals surface area contributed by atoms with Crippen LogP contribution in [0, 0.1) is 5.92 Å². The average molecular weight is 557 g/mol. The Labute approximate surface area is 231 Å². The molecule has 2 aliphatic rings. The fourth-order valence-corrected chi connectivity index (χ4v) is 5.97. The first-order chi connectivity index (χ1) is 19.4. The Bertz CT molecular complexity index is 1640. The number of nitrogens with zero attached hydrogens (tertiary/aromatic N) is 2. The maximum atomic E-state index is 13.8. The van der Waals surface area contributed by atoms with Gasteiger partial charge in [0.15, 0.2) is 6.10 Å². The summed E-state index contributed by atoms with van der Waals surface area (Å²) in [4.78, 5) is 34.6. The lowest BCUT2D eigenvalue weighted by Gasteiger charge is -2.28. The van der Waals surface area contributed by atoms with Crippen LogP contribution in [0.25, 0.3) is 0 Å². The fraction of sp³-hybridized carbons (Fsp3) is 0.133. The van der Waals surface area contributed by atoms with E-state index >= 15 is 0 Å². The van der Waals surface area contributed by atoms with Crippen LogP contribution in [0.5, 0.6) is 11.5 Å². The summed E-state index contributed by atoms with van der Waals surface area (Å²) in [5, 5.41) is 1.58. The van der Waals surface area contributed by atoms with Gasteiger partial charge in [0.25, 0.3) is 5.91 Å². The minimum absolute atomic E-state index is 0.0371. The van der Waals surface area contributed by atoms with E-state index in [-0.39, 0.29) is 10.6 Å².